The van der Waals surface area contributed by atoms with Gasteiger partial charge < -0.3 is 29.3 Å². The number of methoxy groups -OCH3 is 3. The lowest BCUT2D eigenvalue weighted by atomic mass is 9.73. The zero-order valence-corrected chi connectivity index (χ0v) is 22.7. The first-order valence-electron chi connectivity index (χ1n) is 12.8. The van der Waals surface area contributed by atoms with Gasteiger partial charge in [0.1, 0.15) is 17.3 Å². The molecule has 2 heterocycles. The summed E-state index contributed by atoms with van der Waals surface area (Å²) in [5.74, 6) is 2.02. The van der Waals surface area contributed by atoms with Crippen LogP contribution in [0.1, 0.15) is 48.7 Å². The Hall–Kier alpha value is -4.46. The second-order valence-corrected chi connectivity index (χ2v) is 9.73. The highest BCUT2D eigenvalue weighted by molar-refractivity contribution is 6.10. The van der Waals surface area contributed by atoms with Crippen LogP contribution in [-0.2, 0) is 9.59 Å². The van der Waals surface area contributed by atoms with Crippen LogP contribution in [-0.4, -0.2) is 33.0 Å². The number of allylic oxidation sites excluding steroid dienone is 3. The molecule has 2 aromatic carbocycles. The van der Waals surface area contributed by atoms with Gasteiger partial charge in [-0.1, -0.05) is 18.2 Å². The Labute approximate surface area is 227 Å². The van der Waals surface area contributed by atoms with E-state index in [4.69, 9.17) is 18.6 Å². The molecule has 0 fully saturated rings. The number of hydrogen-bond acceptors (Lipinski definition) is 7. The Morgan fingerprint density at radius 3 is 2.36 bits per heavy atom. The van der Waals surface area contributed by atoms with Crippen LogP contribution in [0.15, 0.2) is 81.6 Å². The first kappa shape index (κ1) is 26.2. The van der Waals surface area contributed by atoms with Crippen molar-refractivity contribution >= 4 is 17.4 Å². The van der Waals surface area contributed by atoms with Crippen LogP contribution in [0.2, 0.25) is 0 Å². The minimum absolute atomic E-state index is 0.0299. The number of aryl methyl sites for hydroxylation is 1. The number of dihydropyridines is 1. The molecule has 1 aliphatic carbocycles. The van der Waals surface area contributed by atoms with Crippen LogP contribution >= 0.6 is 0 Å². The Kier molecular flexibility index (Phi) is 7.19. The lowest BCUT2D eigenvalue weighted by molar-refractivity contribution is -0.116. The topological polar surface area (TPSA) is 99.0 Å². The van der Waals surface area contributed by atoms with Crippen molar-refractivity contribution in [1.82, 2.24) is 5.32 Å². The van der Waals surface area contributed by atoms with Crippen LogP contribution in [0.4, 0.5) is 5.69 Å². The van der Waals surface area contributed by atoms with Crippen molar-refractivity contribution in [2.75, 3.05) is 26.6 Å². The van der Waals surface area contributed by atoms with Crippen molar-refractivity contribution in [3.63, 3.8) is 0 Å². The van der Waals surface area contributed by atoms with Crippen LogP contribution in [0.5, 0.6) is 17.2 Å². The summed E-state index contributed by atoms with van der Waals surface area (Å²) in [7, 11) is 4.75. The summed E-state index contributed by atoms with van der Waals surface area (Å²) < 4.78 is 22.3. The standard InChI is InChI=1S/C31H32N2O6/c1-17-10-12-26(39-17)30-28(31(35)33-21-8-6-7-9-24(21)36-3)18(2)32-22-14-20(15-23(34)29(22)30)19-11-13-25(37-4)27(16-19)38-5/h6-13,16,20,30,32H,14-15H2,1-5H3,(H,33,35)/t20-,30+/m0/s1. The lowest BCUT2D eigenvalue weighted by Crippen LogP contribution is -2.37. The fourth-order valence-electron chi connectivity index (χ4n) is 5.51. The molecule has 0 radical (unpaired) electrons. The largest absolute Gasteiger partial charge is 0.495 e. The summed E-state index contributed by atoms with van der Waals surface area (Å²) in [6.07, 6.45) is 0.901. The fraction of sp³-hybridized carbons (Fsp3) is 0.290. The van der Waals surface area contributed by atoms with E-state index in [-0.39, 0.29) is 17.6 Å². The number of nitrogens with one attached hydrogen (secondary N) is 2. The molecule has 1 aromatic heterocycles. The molecule has 5 rings (SSSR count). The number of amides is 1. The number of carbonyl (C=O) groups excluding carboxylic acids is 2. The maximum atomic E-state index is 13.8. The number of ketones is 1. The molecule has 8 nitrogen and oxygen atoms in total. The predicted octanol–water partition coefficient (Wildman–Crippen LogP) is 5.61. The maximum Gasteiger partial charge on any atom is 0.254 e. The van der Waals surface area contributed by atoms with Gasteiger partial charge in [0.15, 0.2) is 17.3 Å². The highest BCUT2D eigenvalue weighted by atomic mass is 16.5. The van der Waals surface area contributed by atoms with Gasteiger partial charge in [0.2, 0.25) is 0 Å². The smallest absolute Gasteiger partial charge is 0.254 e. The molecule has 2 aliphatic rings. The van der Waals surface area contributed by atoms with Crippen LogP contribution in [0, 0.1) is 6.92 Å². The minimum Gasteiger partial charge on any atom is -0.495 e. The van der Waals surface area contributed by atoms with Gasteiger partial charge >= 0.3 is 0 Å². The predicted molar refractivity (Wildman–Crippen MR) is 147 cm³/mol. The molecule has 39 heavy (non-hydrogen) atoms. The molecule has 0 spiro atoms. The average molecular weight is 529 g/mol. The van der Waals surface area contributed by atoms with Gasteiger partial charge in [-0.25, -0.2) is 0 Å². The Bertz CT molecular complexity index is 1500. The van der Waals surface area contributed by atoms with Crippen molar-refractivity contribution in [2.24, 2.45) is 0 Å². The molecule has 3 aromatic rings. The van der Waals surface area contributed by atoms with Gasteiger partial charge in [-0.2, -0.15) is 0 Å². The normalized spacial score (nSPS) is 18.8. The molecule has 0 saturated heterocycles. The van der Waals surface area contributed by atoms with E-state index in [1.165, 1.54) is 0 Å². The summed E-state index contributed by atoms with van der Waals surface area (Å²) in [6.45, 7) is 3.70. The molecular weight excluding hydrogens is 496 g/mol. The molecule has 1 aliphatic heterocycles. The SMILES string of the molecule is COc1ccccc1NC(=O)C1=C(C)NC2=C(C(=O)C[C@@H](c3ccc(OC)c(OC)c3)C2)[C@@H]1c1ccc(C)o1. The molecule has 8 heteroatoms. The summed E-state index contributed by atoms with van der Waals surface area (Å²) in [6, 6.07) is 16.7. The number of Topliss-reactive ketones (excluding diaryl/α,β-unsaturated/α-hetero) is 1. The Morgan fingerprint density at radius 1 is 0.923 bits per heavy atom. The number of carbonyl (C=O) groups is 2. The van der Waals surface area contributed by atoms with E-state index in [9.17, 15) is 9.59 Å². The molecule has 0 saturated carbocycles. The molecule has 202 valence electrons. The van der Waals surface area contributed by atoms with E-state index < -0.39 is 5.92 Å². The first-order chi connectivity index (χ1) is 18.8. The van der Waals surface area contributed by atoms with Gasteiger partial charge in [-0.3, -0.25) is 9.59 Å². The second kappa shape index (κ2) is 10.7. The van der Waals surface area contributed by atoms with Gasteiger partial charge in [-0.15, -0.1) is 0 Å². The first-order valence-corrected chi connectivity index (χ1v) is 12.8. The number of rotatable bonds is 7. The molecule has 2 N–H and O–H groups in total. The van der Waals surface area contributed by atoms with Gasteiger partial charge in [-0.05, 0) is 68.1 Å². The second-order valence-electron chi connectivity index (χ2n) is 9.73. The Balaban J connectivity index is 1.53. The lowest BCUT2D eigenvalue weighted by Gasteiger charge is -2.36. The monoisotopic (exact) mass is 528 g/mol. The van der Waals surface area contributed by atoms with Crippen LogP contribution in [0.3, 0.4) is 0 Å². The van der Waals surface area contributed by atoms with Gasteiger partial charge in [0.05, 0.1) is 38.5 Å². The third-order valence-corrected chi connectivity index (χ3v) is 7.35. The van der Waals surface area contributed by atoms with E-state index in [0.29, 0.717) is 64.1 Å². The third-order valence-electron chi connectivity index (χ3n) is 7.35. The van der Waals surface area contributed by atoms with Crippen molar-refractivity contribution in [1.29, 1.82) is 0 Å². The van der Waals surface area contributed by atoms with Gasteiger partial charge in [0, 0.05) is 23.4 Å². The number of benzene rings is 2. The van der Waals surface area contributed by atoms with Crippen molar-refractivity contribution in [2.45, 2.75) is 38.5 Å². The van der Waals surface area contributed by atoms with Crippen molar-refractivity contribution in [3.05, 3.63) is 94.2 Å². The number of hydrogen-bond donors (Lipinski definition) is 2. The number of anilines is 1. The van der Waals surface area contributed by atoms with Crippen molar-refractivity contribution < 1.29 is 28.2 Å². The molecule has 0 bridgehead atoms. The summed E-state index contributed by atoms with van der Waals surface area (Å²) in [5.41, 5.74) is 4.00. The van der Waals surface area contributed by atoms with E-state index in [0.717, 1.165) is 11.3 Å². The van der Waals surface area contributed by atoms with Crippen LogP contribution < -0.4 is 24.8 Å². The highest BCUT2D eigenvalue weighted by Gasteiger charge is 2.42. The van der Waals surface area contributed by atoms with E-state index in [2.05, 4.69) is 10.6 Å². The summed E-state index contributed by atoms with van der Waals surface area (Å²) in [5, 5.41) is 6.37. The molecular formula is C31H32N2O6. The van der Waals surface area contributed by atoms with E-state index >= 15 is 0 Å². The summed E-state index contributed by atoms with van der Waals surface area (Å²) in [4.78, 5) is 27.6. The minimum atomic E-state index is -0.636. The molecule has 0 unspecified atom stereocenters. The summed E-state index contributed by atoms with van der Waals surface area (Å²) >= 11 is 0. The third kappa shape index (κ3) is 4.90. The van der Waals surface area contributed by atoms with E-state index in [1.807, 2.05) is 56.3 Å². The van der Waals surface area contributed by atoms with E-state index in [1.54, 1.807) is 33.5 Å². The van der Waals surface area contributed by atoms with Crippen molar-refractivity contribution in [3.8, 4) is 17.2 Å². The maximum absolute atomic E-state index is 13.8. The zero-order chi connectivity index (χ0) is 27.7. The quantitative estimate of drug-likeness (QED) is 0.411. The van der Waals surface area contributed by atoms with Crippen LogP contribution in [0.25, 0.3) is 0 Å². The molecule has 1 amide bonds. The zero-order valence-electron chi connectivity index (χ0n) is 22.7. The van der Waals surface area contributed by atoms with Gasteiger partial charge in [0.25, 0.3) is 5.91 Å². The number of furan rings is 1. The number of para-hydroxylation sites is 2. The molecule has 2 atom stereocenters. The number of ether oxygens (including phenoxy) is 3. The average Bonchev–Trinajstić information content (AvgIpc) is 3.37. The Morgan fingerprint density at radius 2 is 1.67 bits per heavy atom. The highest BCUT2D eigenvalue weighted by Crippen LogP contribution is 2.47. The fourth-order valence-corrected chi connectivity index (χ4v) is 5.51.